The quantitative estimate of drug-likeness (QED) is 0.701. The molecule has 0 atom stereocenters. The standard InChI is InChI=1S/C10H13NO2S/c12-8-9-2-3-10(13-9)11-4-1-6-14-7-5-11/h2-3,8H,1,4-7H2. The van der Waals surface area contributed by atoms with Gasteiger partial charge in [0.2, 0.25) is 0 Å². The molecule has 1 aromatic heterocycles. The predicted molar refractivity (Wildman–Crippen MR) is 58.3 cm³/mol. The van der Waals surface area contributed by atoms with Gasteiger partial charge in [-0.1, -0.05) is 0 Å². The number of carbonyl (C=O) groups is 1. The molecule has 1 aliphatic heterocycles. The molecule has 3 nitrogen and oxygen atoms in total. The molecule has 0 radical (unpaired) electrons. The zero-order valence-electron chi connectivity index (χ0n) is 7.94. The average Bonchev–Trinajstić information content (AvgIpc) is 2.53. The van der Waals surface area contributed by atoms with Crippen LogP contribution >= 0.6 is 11.8 Å². The third-order valence-electron chi connectivity index (χ3n) is 2.26. The number of aldehydes is 1. The summed E-state index contributed by atoms with van der Waals surface area (Å²) in [6, 6.07) is 3.60. The molecule has 0 N–H and O–H groups in total. The molecule has 2 rings (SSSR count). The van der Waals surface area contributed by atoms with Crippen LogP contribution in [0.25, 0.3) is 0 Å². The fourth-order valence-electron chi connectivity index (χ4n) is 1.54. The van der Waals surface area contributed by atoms with Crippen LogP contribution in [0.15, 0.2) is 16.5 Å². The van der Waals surface area contributed by atoms with Gasteiger partial charge in [0.15, 0.2) is 17.9 Å². The Kier molecular flexibility index (Phi) is 3.14. The molecule has 1 saturated heterocycles. The highest BCUT2D eigenvalue weighted by Gasteiger charge is 2.12. The summed E-state index contributed by atoms with van der Waals surface area (Å²) in [4.78, 5) is 12.7. The van der Waals surface area contributed by atoms with E-state index in [4.69, 9.17) is 4.42 Å². The fourth-order valence-corrected chi connectivity index (χ4v) is 2.43. The molecule has 0 spiro atoms. The van der Waals surface area contributed by atoms with Crippen molar-refractivity contribution in [1.29, 1.82) is 0 Å². The van der Waals surface area contributed by atoms with E-state index in [-0.39, 0.29) is 0 Å². The van der Waals surface area contributed by atoms with E-state index in [1.54, 1.807) is 6.07 Å². The molecule has 1 fully saturated rings. The Labute approximate surface area is 87.5 Å². The van der Waals surface area contributed by atoms with Gasteiger partial charge in [-0.2, -0.15) is 11.8 Å². The second-order valence-electron chi connectivity index (χ2n) is 3.25. The Hall–Kier alpha value is -0.900. The highest BCUT2D eigenvalue weighted by atomic mass is 32.2. The van der Waals surface area contributed by atoms with Crippen molar-refractivity contribution in [3.8, 4) is 0 Å². The van der Waals surface area contributed by atoms with Crippen molar-refractivity contribution in [1.82, 2.24) is 0 Å². The van der Waals surface area contributed by atoms with E-state index < -0.39 is 0 Å². The molecule has 0 aliphatic carbocycles. The van der Waals surface area contributed by atoms with Crippen LogP contribution in [-0.4, -0.2) is 30.9 Å². The molecule has 14 heavy (non-hydrogen) atoms. The van der Waals surface area contributed by atoms with Crippen LogP contribution in [0, 0.1) is 0 Å². The summed E-state index contributed by atoms with van der Waals surface area (Å²) < 4.78 is 5.38. The number of rotatable bonds is 2. The molecule has 0 unspecified atom stereocenters. The van der Waals surface area contributed by atoms with Gasteiger partial charge < -0.3 is 9.32 Å². The molecule has 2 heterocycles. The summed E-state index contributed by atoms with van der Waals surface area (Å²) in [5.41, 5.74) is 0. The van der Waals surface area contributed by atoms with Crippen molar-refractivity contribution in [2.45, 2.75) is 6.42 Å². The van der Waals surface area contributed by atoms with Gasteiger partial charge in [0, 0.05) is 24.9 Å². The summed E-state index contributed by atoms with van der Waals surface area (Å²) >= 11 is 1.97. The monoisotopic (exact) mass is 211 g/mol. The average molecular weight is 211 g/mol. The number of hydrogen-bond acceptors (Lipinski definition) is 4. The molecular formula is C10H13NO2S. The largest absolute Gasteiger partial charge is 0.438 e. The topological polar surface area (TPSA) is 33.5 Å². The Morgan fingerprint density at radius 3 is 3.07 bits per heavy atom. The first-order valence-corrected chi connectivity index (χ1v) is 5.93. The third-order valence-corrected chi connectivity index (χ3v) is 3.31. The highest BCUT2D eigenvalue weighted by molar-refractivity contribution is 7.99. The molecule has 1 aromatic rings. The van der Waals surface area contributed by atoms with E-state index in [1.807, 2.05) is 17.8 Å². The fraction of sp³-hybridized carbons (Fsp3) is 0.500. The minimum atomic E-state index is 0.414. The maximum absolute atomic E-state index is 10.5. The summed E-state index contributed by atoms with van der Waals surface area (Å²) in [7, 11) is 0. The van der Waals surface area contributed by atoms with Crippen molar-refractivity contribution >= 4 is 23.9 Å². The number of nitrogens with zero attached hydrogens (tertiary/aromatic N) is 1. The van der Waals surface area contributed by atoms with E-state index >= 15 is 0 Å². The Bertz CT molecular complexity index is 303. The third kappa shape index (κ3) is 2.12. The molecular weight excluding hydrogens is 198 g/mol. The Morgan fingerprint density at radius 1 is 1.36 bits per heavy atom. The highest BCUT2D eigenvalue weighted by Crippen LogP contribution is 2.20. The number of furan rings is 1. The smallest absolute Gasteiger partial charge is 0.196 e. The van der Waals surface area contributed by atoms with Gasteiger partial charge in [-0.3, -0.25) is 4.79 Å². The number of anilines is 1. The van der Waals surface area contributed by atoms with E-state index in [2.05, 4.69) is 4.90 Å². The van der Waals surface area contributed by atoms with Crippen molar-refractivity contribution in [2.75, 3.05) is 29.5 Å². The predicted octanol–water partition coefficient (Wildman–Crippen LogP) is 2.04. The van der Waals surface area contributed by atoms with E-state index in [9.17, 15) is 4.79 Å². The molecule has 0 bridgehead atoms. The number of hydrogen-bond donors (Lipinski definition) is 0. The van der Waals surface area contributed by atoms with Gasteiger partial charge in [-0.05, 0) is 18.2 Å². The minimum Gasteiger partial charge on any atom is -0.438 e. The molecule has 0 saturated carbocycles. The summed E-state index contributed by atoms with van der Waals surface area (Å²) in [5.74, 6) is 3.60. The van der Waals surface area contributed by atoms with Crippen molar-refractivity contribution in [3.05, 3.63) is 17.9 Å². The maximum Gasteiger partial charge on any atom is 0.196 e. The summed E-state index contributed by atoms with van der Waals surface area (Å²) in [5, 5.41) is 0. The van der Waals surface area contributed by atoms with Crippen LogP contribution in [-0.2, 0) is 0 Å². The lowest BCUT2D eigenvalue weighted by Crippen LogP contribution is -2.24. The molecule has 4 heteroatoms. The molecule has 0 amide bonds. The van der Waals surface area contributed by atoms with Crippen molar-refractivity contribution in [2.24, 2.45) is 0 Å². The van der Waals surface area contributed by atoms with Crippen LogP contribution < -0.4 is 4.90 Å². The Balaban J connectivity index is 2.08. The molecule has 1 aliphatic rings. The first-order chi connectivity index (χ1) is 6.90. The van der Waals surface area contributed by atoms with Gasteiger partial charge in [0.1, 0.15) is 0 Å². The second kappa shape index (κ2) is 4.55. The van der Waals surface area contributed by atoms with E-state index in [0.29, 0.717) is 5.76 Å². The lowest BCUT2D eigenvalue weighted by molar-refractivity contribution is 0.110. The summed E-state index contributed by atoms with van der Waals surface area (Å²) in [6.07, 6.45) is 1.93. The minimum absolute atomic E-state index is 0.414. The van der Waals surface area contributed by atoms with Crippen molar-refractivity contribution in [3.63, 3.8) is 0 Å². The Morgan fingerprint density at radius 2 is 2.29 bits per heavy atom. The van der Waals surface area contributed by atoms with Crippen LogP contribution in [0.1, 0.15) is 17.0 Å². The zero-order chi connectivity index (χ0) is 9.80. The van der Waals surface area contributed by atoms with Gasteiger partial charge in [0.05, 0.1) is 0 Å². The lowest BCUT2D eigenvalue weighted by Gasteiger charge is -2.18. The van der Waals surface area contributed by atoms with E-state index in [1.165, 1.54) is 12.2 Å². The van der Waals surface area contributed by atoms with Crippen molar-refractivity contribution < 1.29 is 9.21 Å². The van der Waals surface area contributed by atoms with Gasteiger partial charge in [-0.15, -0.1) is 0 Å². The van der Waals surface area contributed by atoms with Crippen LogP contribution in [0.5, 0.6) is 0 Å². The lowest BCUT2D eigenvalue weighted by atomic mass is 10.4. The normalized spacial score (nSPS) is 17.9. The molecule has 0 aromatic carbocycles. The first kappa shape index (κ1) is 9.65. The maximum atomic E-state index is 10.5. The number of thioether (sulfide) groups is 1. The van der Waals surface area contributed by atoms with Crippen LogP contribution in [0.2, 0.25) is 0 Å². The van der Waals surface area contributed by atoms with Crippen LogP contribution in [0.4, 0.5) is 5.88 Å². The summed E-state index contributed by atoms with van der Waals surface area (Å²) in [6.45, 7) is 2.04. The number of carbonyl (C=O) groups excluding carboxylic acids is 1. The van der Waals surface area contributed by atoms with Gasteiger partial charge in [-0.25, -0.2) is 0 Å². The SMILES string of the molecule is O=Cc1ccc(N2CCCSCC2)o1. The second-order valence-corrected chi connectivity index (χ2v) is 4.47. The molecule has 76 valence electrons. The van der Waals surface area contributed by atoms with Gasteiger partial charge >= 0.3 is 0 Å². The zero-order valence-corrected chi connectivity index (χ0v) is 8.76. The van der Waals surface area contributed by atoms with E-state index in [0.717, 1.165) is 31.0 Å². The van der Waals surface area contributed by atoms with Gasteiger partial charge in [0.25, 0.3) is 0 Å². The van der Waals surface area contributed by atoms with Crippen LogP contribution in [0.3, 0.4) is 0 Å². The first-order valence-electron chi connectivity index (χ1n) is 4.78.